The molecule has 2 heterocycles. The monoisotopic (exact) mass is 576 g/mol. The number of aliphatic hydroxyl groups excluding tert-OH is 1. The molecular weight excluding hydrogens is 550 g/mol. The summed E-state index contributed by atoms with van der Waals surface area (Å²) < 4.78 is 104. The number of halogens is 6. The highest BCUT2D eigenvalue weighted by Crippen LogP contribution is 2.40. The number of nitrogens with zero attached hydrogens (tertiary/aromatic N) is 1. The highest BCUT2D eigenvalue weighted by atomic mass is 32.2. The van der Waals surface area contributed by atoms with Gasteiger partial charge in [-0.2, -0.15) is 26.3 Å². The van der Waals surface area contributed by atoms with Crippen LogP contribution in [0.3, 0.4) is 0 Å². The minimum atomic E-state index is -4.69. The van der Waals surface area contributed by atoms with Gasteiger partial charge in [-0.1, -0.05) is 6.07 Å². The van der Waals surface area contributed by atoms with E-state index in [1.807, 2.05) is 0 Å². The molecule has 0 bridgehead atoms. The molecular formula is C26H26F6N2O4S. The molecule has 13 heteroatoms. The number of nitrogens with one attached hydrogen (secondary N) is 1. The Balaban J connectivity index is 1.51. The number of aromatic nitrogens is 1. The van der Waals surface area contributed by atoms with Crippen LogP contribution >= 0.6 is 0 Å². The van der Waals surface area contributed by atoms with E-state index in [1.54, 1.807) is 4.90 Å². The molecule has 39 heavy (non-hydrogen) atoms. The van der Waals surface area contributed by atoms with Gasteiger partial charge in [-0.3, -0.25) is 9.69 Å². The van der Waals surface area contributed by atoms with Crippen molar-refractivity contribution >= 4 is 20.7 Å². The summed E-state index contributed by atoms with van der Waals surface area (Å²) in [6.07, 6.45) is -10.1. The molecule has 212 valence electrons. The Morgan fingerprint density at radius 3 is 2.10 bits per heavy atom. The number of piperidine rings is 1. The third-order valence-electron chi connectivity index (χ3n) is 7.48. The van der Waals surface area contributed by atoms with Crippen molar-refractivity contribution in [3.63, 3.8) is 0 Å². The number of aromatic amines is 1. The van der Waals surface area contributed by atoms with Gasteiger partial charge in [-0.25, -0.2) is 8.42 Å². The Kier molecular flexibility index (Phi) is 7.41. The van der Waals surface area contributed by atoms with E-state index in [1.165, 1.54) is 13.8 Å². The average molecular weight is 577 g/mol. The number of aliphatic hydroxyl groups is 1. The molecule has 1 aromatic heterocycles. The molecule has 0 aliphatic carbocycles. The smallest absolute Gasteiger partial charge is 0.373 e. The van der Waals surface area contributed by atoms with Crippen LogP contribution in [0.25, 0.3) is 10.9 Å². The molecule has 0 saturated carbocycles. The van der Waals surface area contributed by atoms with Crippen molar-refractivity contribution in [2.45, 2.75) is 54.9 Å². The molecule has 0 radical (unpaired) electrons. The molecule has 1 unspecified atom stereocenters. The first-order valence-electron chi connectivity index (χ1n) is 12.0. The van der Waals surface area contributed by atoms with Gasteiger partial charge in [0, 0.05) is 30.1 Å². The number of pyridine rings is 1. The van der Waals surface area contributed by atoms with Gasteiger partial charge in [-0.05, 0) is 69.0 Å². The summed E-state index contributed by atoms with van der Waals surface area (Å²) in [6, 6.07) is 7.33. The fraction of sp³-hybridized carbons (Fsp3) is 0.423. The second-order valence-electron chi connectivity index (χ2n) is 10.2. The molecule has 1 fully saturated rings. The quantitative estimate of drug-likeness (QED) is 0.391. The van der Waals surface area contributed by atoms with Crippen molar-refractivity contribution in [3.8, 4) is 0 Å². The van der Waals surface area contributed by atoms with Crippen LogP contribution in [0.1, 0.15) is 49.7 Å². The van der Waals surface area contributed by atoms with Gasteiger partial charge in [0.05, 0.1) is 26.5 Å². The van der Waals surface area contributed by atoms with Crippen LogP contribution in [0, 0.1) is 5.92 Å². The molecule has 2 N–H and O–H groups in total. The maximum Gasteiger partial charge on any atom is 0.416 e. The summed E-state index contributed by atoms with van der Waals surface area (Å²) in [7, 11) is -4.16. The summed E-state index contributed by atoms with van der Waals surface area (Å²) >= 11 is 0. The summed E-state index contributed by atoms with van der Waals surface area (Å²) in [5.74, 6) is -0.447. The largest absolute Gasteiger partial charge is 0.416 e. The first-order chi connectivity index (χ1) is 17.9. The number of hydrogen-bond acceptors (Lipinski definition) is 5. The van der Waals surface area contributed by atoms with E-state index in [4.69, 9.17) is 0 Å². The molecule has 0 amide bonds. The molecule has 1 aliphatic heterocycles. The van der Waals surface area contributed by atoms with Gasteiger partial charge >= 0.3 is 12.4 Å². The average Bonchev–Trinajstić information content (AvgIpc) is 2.87. The van der Waals surface area contributed by atoms with E-state index in [-0.39, 0.29) is 42.5 Å². The number of fused-ring (bicyclic) bond motifs is 1. The van der Waals surface area contributed by atoms with Gasteiger partial charge in [-0.15, -0.1) is 0 Å². The normalized spacial score (nSPS) is 17.5. The van der Waals surface area contributed by atoms with E-state index in [0.717, 1.165) is 42.5 Å². The van der Waals surface area contributed by atoms with Gasteiger partial charge in [0.15, 0.2) is 15.3 Å². The summed E-state index contributed by atoms with van der Waals surface area (Å²) in [5.41, 5.74) is -2.55. The lowest BCUT2D eigenvalue weighted by Gasteiger charge is -2.41. The van der Waals surface area contributed by atoms with Crippen LogP contribution in [0.2, 0.25) is 0 Å². The number of hydrogen-bond donors (Lipinski definition) is 2. The zero-order valence-electron chi connectivity index (χ0n) is 20.9. The topological polar surface area (TPSA) is 90.5 Å². The lowest BCUT2D eigenvalue weighted by molar-refractivity contribution is -0.138. The Morgan fingerprint density at radius 1 is 0.923 bits per heavy atom. The van der Waals surface area contributed by atoms with E-state index in [9.17, 15) is 44.7 Å². The minimum Gasteiger partial charge on any atom is -0.373 e. The van der Waals surface area contributed by atoms with E-state index < -0.39 is 60.5 Å². The van der Waals surface area contributed by atoms with Crippen molar-refractivity contribution in [3.05, 3.63) is 75.6 Å². The van der Waals surface area contributed by atoms with Crippen molar-refractivity contribution in [1.82, 2.24) is 9.88 Å². The lowest BCUT2D eigenvalue weighted by Crippen LogP contribution is -2.47. The minimum absolute atomic E-state index is 0.0709. The third-order valence-corrected chi connectivity index (χ3v) is 10.1. The molecule has 3 aromatic rings. The van der Waals surface area contributed by atoms with E-state index in [2.05, 4.69) is 4.98 Å². The van der Waals surface area contributed by atoms with Crippen LogP contribution in [-0.4, -0.2) is 41.2 Å². The number of rotatable bonds is 5. The van der Waals surface area contributed by atoms with E-state index in [0.29, 0.717) is 6.07 Å². The Hall–Kier alpha value is -2.90. The summed E-state index contributed by atoms with van der Waals surface area (Å²) in [6.45, 7) is 3.35. The standard InChI is InChI=1S/C26H26F6N2O4S/c1-24(2,39(37,38)18-5-3-4-16(12-18)25(27,28)29)15-8-10-34(11-9-15)23(36)21-14-22(35)19-13-17(26(30,31)32)6-7-20(19)33-21/h3-7,12-15,23,36H,8-11H2,1-2H3,(H,33,35). The predicted molar refractivity (Wildman–Crippen MR) is 132 cm³/mol. The van der Waals surface area contributed by atoms with Gasteiger partial charge in [0.1, 0.15) is 6.23 Å². The van der Waals surface area contributed by atoms with Gasteiger partial charge < -0.3 is 10.1 Å². The van der Waals surface area contributed by atoms with Gasteiger partial charge in [0.2, 0.25) is 0 Å². The number of likely N-dealkylation sites (tertiary alicyclic amines) is 1. The molecule has 1 aliphatic rings. The second kappa shape index (κ2) is 9.93. The van der Waals surface area contributed by atoms with Crippen LogP contribution in [0.4, 0.5) is 26.3 Å². The van der Waals surface area contributed by atoms with E-state index >= 15 is 0 Å². The Labute approximate surface area is 220 Å². The summed E-state index contributed by atoms with van der Waals surface area (Å²) in [4.78, 5) is 16.5. The first-order valence-corrected chi connectivity index (χ1v) is 13.5. The SMILES string of the molecule is CC(C)(C1CCN(C(O)c2cc(=O)c3cc(C(F)(F)F)ccc3[nH]2)CC1)S(=O)(=O)c1cccc(C(F)(F)F)c1. The molecule has 2 aromatic carbocycles. The Morgan fingerprint density at radius 2 is 1.51 bits per heavy atom. The highest BCUT2D eigenvalue weighted by molar-refractivity contribution is 7.92. The van der Waals surface area contributed by atoms with Crippen molar-refractivity contribution in [1.29, 1.82) is 0 Å². The number of sulfone groups is 1. The molecule has 4 rings (SSSR count). The van der Waals surface area contributed by atoms with Crippen LogP contribution in [0.5, 0.6) is 0 Å². The van der Waals surface area contributed by atoms with Crippen LogP contribution in [-0.2, 0) is 22.2 Å². The predicted octanol–water partition coefficient (Wildman–Crippen LogP) is 5.52. The van der Waals surface area contributed by atoms with Gasteiger partial charge in [0.25, 0.3) is 0 Å². The van der Waals surface area contributed by atoms with Crippen LogP contribution < -0.4 is 5.43 Å². The zero-order valence-corrected chi connectivity index (χ0v) is 21.7. The maximum atomic E-state index is 13.4. The number of benzene rings is 2. The molecule has 6 nitrogen and oxygen atoms in total. The molecule has 1 atom stereocenters. The molecule has 1 saturated heterocycles. The second-order valence-corrected chi connectivity index (χ2v) is 12.7. The fourth-order valence-corrected chi connectivity index (χ4v) is 6.80. The lowest BCUT2D eigenvalue weighted by atomic mass is 9.85. The van der Waals surface area contributed by atoms with Crippen molar-refractivity contribution in [2.75, 3.05) is 13.1 Å². The zero-order chi connectivity index (χ0) is 29.0. The maximum absolute atomic E-state index is 13.4. The number of alkyl halides is 6. The molecule has 0 spiro atoms. The van der Waals surface area contributed by atoms with Crippen LogP contribution in [0.15, 0.2) is 58.2 Å². The highest BCUT2D eigenvalue weighted by Gasteiger charge is 2.45. The third kappa shape index (κ3) is 5.57. The Bertz CT molecular complexity index is 1540. The van der Waals surface area contributed by atoms with Crippen molar-refractivity contribution < 1.29 is 39.9 Å². The van der Waals surface area contributed by atoms with Crippen molar-refractivity contribution in [2.24, 2.45) is 5.92 Å². The number of H-pyrrole nitrogens is 1. The first kappa shape index (κ1) is 29.1. The summed E-state index contributed by atoms with van der Waals surface area (Å²) in [5, 5.41) is 10.7. The fourth-order valence-electron chi connectivity index (χ4n) is 4.98.